The molecule has 0 radical (unpaired) electrons. The average Bonchev–Trinajstić information content (AvgIpc) is 3.10. The molecule has 1 aromatic heterocycles. The Kier molecular flexibility index (Phi) is 5.39. The second kappa shape index (κ2) is 7.75. The van der Waals surface area contributed by atoms with Crippen LogP contribution in [0.3, 0.4) is 0 Å². The van der Waals surface area contributed by atoms with E-state index in [-0.39, 0.29) is 17.1 Å². The van der Waals surface area contributed by atoms with Crippen molar-refractivity contribution in [2.24, 2.45) is 0 Å². The zero-order valence-corrected chi connectivity index (χ0v) is 15.2. The van der Waals surface area contributed by atoms with Crippen molar-refractivity contribution in [1.29, 1.82) is 0 Å². The van der Waals surface area contributed by atoms with Crippen LogP contribution in [0.15, 0.2) is 54.7 Å². The molecule has 0 atom stereocenters. The van der Waals surface area contributed by atoms with Crippen LogP contribution in [0.5, 0.6) is 5.75 Å². The summed E-state index contributed by atoms with van der Waals surface area (Å²) >= 11 is 0. The first-order valence-electron chi connectivity index (χ1n) is 8.43. The van der Waals surface area contributed by atoms with Gasteiger partial charge in [-0.1, -0.05) is 35.9 Å². The summed E-state index contributed by atoms with van der Waals surface area (Å²) < 4.78 is 45.2. The van der Waals surface area contributed by atoms with E-state index in [1.165, 1.54) is 30.1 Å². The lowest BCUT2D eigenvalue weighted by Crippen LogP contribution is -2.24. The fraction of sp³-hybridized carbons (Fsp3) is 0.200. The minimum atomic E-state index is -4.47. The first-order valence-corrected chi connectivity index (χ1v) is 8.43. The molecule has 1 N–H and O–H groups in total. The van der Waals surface area contributed by atoms with E-state index in [0.717, 1.165) is 23.3 Å². The van der Waals surface area contributed by atoms with Crippen molar-refractivity contribution in [2.45, 2.75) is 19.6 Å². The van der Waals surface area contributed by atoms with E-state index in [0.29, 0.717) is 6.54 Å². The van der Waals surface area contributed by atoms with Gasteiger partial charge in [0.1, 0.15) is 0 Å². The van der Waals surface area contributed by atoms with Gasteiger partial charge in [-0.3, -0.25) is 4.79 Å². The summed E-state index contributed by atoms with van der Waals surface area (Å²) in [5.41, 5.74) is 1.35. The first kappa shape index (κ1) is 19.5. The van der Waals surface area contributed by atoms with Crippen LogP contribution in [0.4, 0.5) is 13.2 Å². The Hall–Kier alpha value is -3.29. The molecular formula is C20H18F3N3O2. The van der Waals surface area contributed by atoms with Crippen LogP contribution < -0.4 is 10.1 Å². The van der Waals surface area contributed by atoms with Gasteiger partial charge >= 0.3 is 6.18 Å². The SMILES string of the molecule is COc1cn(-c2cccc(C(F)(F)F)c2)nc1C(=O)NCc1cccc(C)c1. The number of nitrogens with zero attached hydrogens (tertiary/aromatic N) is 2. The lowest BCUT2D eigenvalue weighted by molar-refractivity contribution is -0.137. The van der Waals surface area contributed by atoms with Crippen molar-refractivity contribution in [3.05, 3.63) is 77.1 Å². The maximum Gasteiger partial charge on any atom is 0.416 e. The number of ether oxygens (including phenoxy) is 1. The van der Waals surface area contributed by atoms with Gasteiger partial charge in [-0.2, -0.15) is 18.3 Å². The Bertz CT molecular complexity index is 996. The van der Waals surface area contributed by atoms with Gasteiger partial charge in [0.15, 0.2) is 11.4 Å². The zero-order chi connectivity index (χ0) is 20.3. The number of methoxy groups -OCH3 is 1. The minimum Gasteiger partial charge on any atom is -0.493 e. The topological polar surface area (TPSA) is 56.2 Å². The highest BCUT2D eigenvalue weighted by Crippen LogP contribution is 2.30. The number of aryl methyl sites for hydroxylation is 1. The standard InChI is InChI=1S/C20H18F3N3O2/c1-13-5-3-6-14(9-13)11-24-19(27)18-17(28-2)12-26(25-18)16-8-4-7-15(10-16)20(21,22)23/h3-10,12H,11H2,1-2H3,(H,24,27). The maximum atomic E-state index is 12.9. The molecule has 0 bridgehead atoms. The summed E-state index contributed by atoms with van der Waals surface area (Å²) in [6, 6.07) is 12.3. The number of amides is 1. The molecular weight excluding hydrogens is 371 g/mol. The van der Waals surface area contributed by atoms with Crippen molar-refractivity contribution in [3.8, 4) is 11.4 Å². The quantitative estimate of drug-likeness (QED) is 0.714. The molecule has 0 saturated carbocycles. The lowest BCUT2D eigenvalue weighted by atomic mass is 10.1. The van der Waals surface area contributed by atoms with E-state index in [1.807, 2.05) is 31.2 Å². The smallest absolute Gasteiger partial charge is 0.416 e. The van der Waals surface area contributed by atoms with E-state index < -0.39 is 17.6 Å². The molecule has 0 unspecified atom stereocenters. The molecule has 3 aromatic rings. The van der Waals surface area contributed by atoms with E-state index in [4.69, 9.17) is 4.74 Å². The summed E-state index contributed by atoms with van der Waals surface area (Å²) in [6.45, 7) is 2.24. The molecule has 0 aliphatic carbocycles. The summed E-state index contributed by atoms with van der Waals surface area (Å²) in [5, 5.41) is 6.86. The molecule has 0 spiro atoms. The van der Waals surface area contributed by atoms with Crippen molar-refractivity contribution in [3.63, 3.8) is 0 Å². The molecule has 0 fully saturated rings. The molecule has 5 nitrogen and oxygen atoms in total. The Morgan fingerprint density at radius 2 is 1.93 bits per heavy atom. The number of alkyl halides is 3. The molecule has 0 aliphatic heterocycles. The predicted octanol–water partition coefficient (Wildman–Crippen LogP) is 4.14. The van der Waals surface area contributed by atoms with Crippen LogP contribution in [-0.4, -0.2) is 22.8 Å². The first-order chi connectivity index (χ1) is 13.3. The fourth-order valence-corrected chi connectivity index (χ4v) is 2.71. The van der Waals surface area contributed by atoms with Crippen molar-refractivity contribution < 1.29 is 22.7 Å². The van der Waals surface area contributed by atoms with Crippen LogP contribution >= 0.6 is 0 Å². The van der Waals surface area contributed by atoms with Gasteiger partial charge in [0.05, 0.1) is 24.6 Å². The van der Waals surface area contributed by atoms with E-state index in [2.05, 4.69) is 10.4 Å². The van der Waals surface area contributed by atoms with Crippen LogP contribution in [0.1, 0.15) is 27.2 Å². The largest absolute Gasteiger partial charge is 0.493 e. The van der Waals surface area contributed by atoms with Gasteiger partial charge in [-0.15, -0.1) is 0 Å². The highest BCUT2D eigenvalue weighted by Gasteiger charge is 2.30. The number of nitrogens with one attached hydrogen (secondary N) is 1. The van der Waals surface area contributed by atoms with Crippen molar-refractivity contribution >= 4 is 5.91 Å². The van der Waals surface area contributed by atoms with Crippen LogP contribution in [0.2, 0.25) is 0 Å². The van der Waals surface area contributed by atoms with Crippen LogP contribution in [-0.2, 0) is 12.7 Å². The molecule has 0 aliphatic rings. The minimum absolute atomic E-state index is 0.00688. The van der Waals surface area contributed by atoms with Gasteiger partial charge in [0.2, 0.25) is 0 Å². The second-order valence-electron chi connectivity index (χ2n) is 6.21. The Morgan fingerprint density at radius 3 is 2.61 bits per heavy atom. The zero-order valence-electron chi connectivity index (χ0n) is 15.2. The Labute approximate surface area is 159 Å². The number of hydrogen-bond donors (Lipinski definition) is 1. The average molecular weight is 389 g/mol. The molecule has 1 heterocycles. The third-order valence-electron chi connectivity index (χ3n) is 4.09. The molecule has 146 valence electrons. The molecule has 28 heavy (non-hydrogen) atoms. The third kappa shape index (κ3) is 4.33. The molecule has 2 aromatic carbocycles. The van der Waals surface area contributed by atoms with Gasteiger partial charge in [-0.05, 0) is 30.7 Å². The third-order valence-corrected chi connectivity index (χ3v) is 4.09. The van der Waals surface area contributed by atoms with E-state index >= 15 is 0 Å². The van der Waals surface area contributed by atoms with E-state index in [1.54, 1.807) is 0 Å². The summed E-state index contributed by atoms with van der Waals surface area (Å²) in [4.78, 5) is 12.5. The van der Waals surface area contributed by atoms with Crippen molar-refractivity contribution in [1.82, 2.24) is 15.1 Å². The van der Waals surface area contributed by atoms with Gasteiger partial charge in [-0.25, -0.2) is 4.68 Å². The monoisotopic (exact) mass is 389 g/mol. The number of rotatable bonds is 5. The highest BCUT2D eigenvalue weighted by atomic mass is 19.4. The Balaban J connectivity index is 1.83. The fourth-order valence-electron chi connectivity index (χ4n) is 2.71. The van der Waals surface area contributed by atoms with Gasteiger partial charge in [0, 0.05) is 6.54 Å². The highest BCUT2D eigenvalue weighted by molar-refractivity contribution is 5.94. The Morgan fingerprint density at radius 1 is 1.18 bits per heavy atom. The molecule has 8 heteroatoms. The van der Waals surface area contributed by atoms with Gasteiger partial charge < -0.3 is 10.1 Å². The summed E-state index contributed by atoms with van der Waals surface area (Å²) in [6.07, 6.45) is -3.10. The summed E-state index contributed by atoms with van der Waals surface area (Å²) in [5.74, 6) is -0.316. The number of aromatic nitrogens is 2. The number of halogens is 3. The lowest BCUT2D eigenvalue weighted by Gasteiger charge is -2.08. The van der Waals surface area contributed by atoms with E-state index in [9.17, 15) is 18.0 Å². The van der Waals surface area contributed by atoms with Crippen LogP contribution in [0, 0.1) is 6.92 Å². The second-order valence-corrected chi connectivity index (χ2v) is 6.21. The van der Waals surface area contributed by atoms with Gasteiger partial charge in [0.25, 0.3) is 5.91 Å². The molecule has 1 amide bonds. The van der Waals surface area contributed by atoms with Crippen molar-refractivity contribution in [2.75, 3.05) is 7.11 Å². The number of carbonyl (C=O) groups is 1. The summed E-state index contributed by atoms with van der Waals surface area (Å²) in [7, 11) is 1.37. The predicted molar refractivity (Wildman–Crippen MR) is 97.5 cm³/mol. The van der Waals surface area contributed by atoms with Crippen LogP contribution in [0.25, 0.3) is 5.69 Å². The normalized spacial score (nSPS) is 11.3. The number of carbonyl (C=O) groups excluding carboxylic acids is 1. The molecule has 0 saturated heterocycles. The number of hydrogen-bond acceptors (Lipinski definition) is 3. The molecule has 3 rings (SSSR count). The number of benzene rings is 2. The maximum absolute atomic E-state index is 12.9.